The van der Waals surface area contributed by atoms with E-state index >= 15 is 0 Å². The lowest BCUT2D eigenvalue weighted by molar-refractivity contribution is -0.148. The number of para-hydroxylation sites is 1. The first-order valence-corrected chi connectivity index (χ1v) is 18.6. The predicted octanol–water partition coefficient (Wildman–Crippen LogP) is 4.85. The van der Waals surface area contributed by atoms with Gasteiger partial charge in [-0.25, -0.2) is 4.79 Å². The van der Waals surface area contributed by atoms with Crippen LogP contribution in [-0.4, -0.2) is 69.9 Å². The topological polar surface area (TPSA) is 143 Å². The van der Waals surface area contributed by atoms with Crippen molar-refractivity contribution in [3.63, 3.8) is 0 Å². The molecule has 286 valence electrons. The van der Waals surface area contributed by atoms with E-state index in [1.807, 2.05) is 90.0 Å². The number of carbonyl (C=O) groups excluding carboxylic acids is 4. The number of pyridine rings is 1. The fraction of sp³-hybridized carbons (Fsp3) is 0.326. The number of nitrogens with zero attached hydrogens (tertiary/aromatic N) is 2. The van der Waals surface area contributed by atoms with Crippen LogP contribution in [0.25, 0.3) is 10.9 Å². The van der Waals surface area contributed by atoms with E-state index in [1.165, 1.54) is 10.6 Å². The van der Waals surface area contributed by atoms with Crippen molar-refractivity contribution in [2.24, 2.45) is 7.05 Å². The van der Waals surface area contributed by atoms with Gasteiger partial charge in [0.25, 0.3) is 11.5 Å². The molecule has 3 N–H and O–H groups in total. The van der Waals surface area contributed by atoms with E-state index < -0.39 is 29.3 Å². The minimum atomic E-state index is -1.18. The Morgan fingerprint density at radius 3 is 2.38 bits per heavy atom. The second kappa shape index (κ2) is 16.8. The smallest absolute Gasteiger partial charge is 0.328 e. The summed E-state index contributed by atoms with van der Waals surface area (Å²) >= 11 is 0. The normalized spacial score (nSPS) is 18.7. The van der Waals surface area contributed by atoms with Crippen molar-refractivity contribution in [1.82, 2.24) is 25.1 Å². The van der Waals surface area contributed by atoms with Crippen LogP contribution in [0.3, 0.4) is 0 Å². The van der Waals surface area contributed by atoms with Gasteiger partial charge in [0.15, 0.2) is 0 Å². The van der Waals surface area contributed by atoms with Gasteiger partial charge in [0, 0.05) is 55.9 Å². The predicted molar refractivity (Wildman–Crippen MR) is 215 cm³/mol. The Hall–Kier alpha value is -5.62. The van der Waals surface area contributed by atoms with Crippen LogP contribution < -0.4 is 16.2 Å². The molecule has 3 aromatic carbocycles. The van der Waals surface area contributed by atoms with Crippen molar-refractivity contribution >= 4 is 48.1 Å². The molecule has 3 atom stereocenters. The second-order valence-corrected chi connectivity index (χ2v) is 14.2. The van der Waals surface area contributed by atoms with Crippen molar-refractivity contribution < 1.29 is 23.9 Å². The highest BCUT2D eigenvalue weighted by atomic mass is 32.1. The van der Waals surface area contributed by atoms with E-state index in [9.17, 15) is 24.0 Å². The Balaban J connectivity index is 0.00000514. The molecule has 2 aromatic heterocycles. The number of likely N-dealkylation sites (tertiary alicyclic amines) is 1. The molecule has 0 bridgehead atoms. The molecule has 7 rings (SSSR count). The van der Waals surface area contributed by atoms with Gasteiger partial charge in [-0.1, -0.05) is 72.8 Å². The van der Waals surface area contributed by atoms with E-state index in [4.69, 9.17) is 4.74 Å². The van der Waals surface area contributed by atoms with Crippen LogP contribution in [0, 0.1) is 0 Å². The molecule has 2 aliphatic rings. The Morgan fingerprint density at radius 1 is 0.909 bits per heavy atom. The average Bonchev–Trinajstić information content (AvgIpc) is 3.61. The number of ether oxygens (including phenoxy) is 1. The lowest BCUT2D eigenvalue weighted by Gasteiger charge is -2.43. The maximum absolute atomic E-state index is 15.0. The quantitative estimate of drug-likeness (QED) is 0.174. The monoisotopic (exact) mass is 761 g/mol. The van der Waals surface area contributed by atoms with Gasteiger partial charge in [-0.15, -0.1) is 0 Å². The maximum Gasteiger partial charge on any atom is 0.328 e. The van der Waals surface area contributed by atoms with Gasteiger partial charge in [-0.3, -0.25) is 19.2 Å². The number of rotatable bonds is 10. The summed E-state index contributed by atoms with van der Waals surface area (Å²) in [6.45, 7) is 2.82. The van der Waals surface area contributed by atoms with Crippen LogP contribution in [0.4, 0.5) is 0 Å². The molecule has 1 aliphatic heterocycles. The molecule has 1 saturated heterocycles. The molecule has 55 heavy (non-hydrogen) atoms. The summed E-state index contributed by atoms with van der Waals surface area (Å²) in [5.41, 5.74) is 2.69. The molecule has 0 radical (unpaired) electrons. The van der Waals surface area contributed by atoms with Gasteiger partial charge in [0.1, 0.15) is 11.6 Å². The summed E-state index contributed by atoms with van der Waals surface area (Å²) in [4.78, 5) is 73.2. The largest absolute Gasteiger partial charge is 0.464 e. The SMILES string of the molecule is CCOC(=O)C(Cc1c[nH]c2ccccc12)NC(=O)[C@@]1(c2ccccc2)CC[C@H](C(=O)N2CCC(NC(=O)c3cccn(C)c3=O)CC2)c2ccccc21.S. The first-order valence-electron chi connectivity index (χ1n) is 18.6. The highest BCUT2D eigenvalue weighted by molar-refractivity contribution is 7.59. The number of aromatic amines is 1. The molecule has 1 unspecified atom stereocenters. The first-order chi connectivity index (χ1) is 26.2. The highest BCUT2D eigenvalue weighted by Crippen LogP contribution is 2.48. The molecule has 11 nitrogen and oxygen atoms in total. The number of aryl methyl sites for hydroxylation is 1. The third kappa shape index (κ3) is 7.68. The Kier molecular flexibility index (Phi) is 11.9. The van der Waals surface area contributed by atoms with E-state index in [0.717, 1.165) is 33.2 Å². The first kappa shape index (κ1) is 39.1. The summed E-state index contributed by atoms with van der Waals surface area (Å²) < 4.78 is 6.86. The lowest BCUT2D eigenvalue weighted by Crippen LogP contribution is -2.54. The van der Waals surface area contributed by atoms with Gasteiger partial charge in [-0.2, -0.15) is 13.5 Å². The van der Waals surface area contributed by atoms with E-state index in [1.54, 1.807) is 26.2 Å². The van der Waals surface area contributed by atoms with Gasteiger partial charge >= 0.3 is 5.97 Å². The van der Waals surface area contributed by atoms with Gasteiger partial charge < -0.3 is 29.8 Å². The number of fused-ring (bicyclic) bond motifs is 2. The fourth-order valence-corrected chi connectivity index (χ4v) is 8.22. The summed E-state index contributed by atoms with van der Waals surface area (Å²) in [7, 11) is 1.61. The molecular formula is C43H47N5O6S. The Labute approximate surface area is 326 Å². The summed E-state index contributed by atoms with van der Waals surface area (Å²) in [5.74, 6) is -1.74. The number of amides is 3. The van der Waals surface area contributed by atoms with Crippen LogP contribution in [0.1, 0.15) is 71.1 Å². The molecule has 0 spiro atoms. The number of benzene rings is 3. The number of piperidine rings is 1. The third-order valence-electron chi connectivity index (χ3n) is 11.0. The van der Waals surface area contributed by atoms with Crippen molar-refractivity contribution in [3.05, 3.63) is 142 Å². The van der Waals surface area contributed by atoms with Crippen LogP contribution >= 0.6 is 13.5 Å². The zero-order valence-corrected chi connectivity index (χ0v) is 32.0. The number of H-pyrrole nitrogens is 1. The third-order valence-corrected chi connectivity index (χ3v) is 11.0. The maximum atomic E-state index is 15.0. The summed E-state index contributed by atoms with van der Waals surface area (Å²) in [6, 6.07) is 27.1. The van der Waals surface area contributed by atoms with Crippen molar-refractivity contribution in [2.45, 2.75) is 62.4 Å². The van der Waals surface area contributed by atoms with Crippen LogP contribution in [0.5, 0.6) is 0 Å². The highest BCUT2D eigenvalue weighted by Gasteiger charge is 2.49. The fourth-order valence-electron chi connectivity index (χ4n) is 8.22. The van der Waals surface area contributed by atoms with Crippen LogP contribution in [0.2, 0.25) is 0 Å². The molecule has 3 heterocycles. The van der Waals surface area contributed by atoms with Crippen molar-refractivity contribution in [3.8, 4) is 0 Å². The van der Waals surface area contributed by atoms with E-state index in [0.29, 0.717) is 38.8 Å². The Bertz CT molecular complexity index is 2240. The van der Waals surface area contributed by atoms with Crippen molar-refractivity contribution in [2.75, 3.05) is 19.7 Å². The van der Waals surface area contributed by atoms with E-state index in [-0.39, 0.29) is 55.5 Å². The second-order valence-electron chi connectivity index (χ2n) is 14.2. The van der Waals surface area contributed by atoms with Crippen LogP contribution in [0.15, 0.2) is 108 Å². The molecule has 0 saturated carbocycles. The number of nitrogens with one attached hydrogen (secondary N) is 3. The summed E-state index contributed by atoms with van der Waals surface area (Å²) in [6.07, 6.45) is 5.58. The van der Waals surface area contributed by atoms with Gasteiger partial charge in [0.05, 0.1) is 17.9 Å². The average molecular weight is 762 g/mol. The van der Waals surface area contributed by atoms with E-state index in [2.05, 4.69) is 15.6 Å². The number of carbonyl (C=O) groups is 4. The number of esters is 1. The molecule has 12 heteroatoms. The minimum Gasteiger partial charge on any atom is -0.464 e. The van der Waals surface area contributed by atoms with Gasteiger partial charge in [0.2, 0.25) is 11.8 Å². The molecule has 3 amide bonds. The molecular weight excluding hydrogens is 715 g/mol. The number of hydrogen-bond donors (Lipinski definition) is 3. The standard InChI is InChI=1S/C43H45N5O6.H2S/c1-3-54-41(52)37(26-28-27-44-36-18-10-8-14-31(28)36)46-42(53)43(29-12-5-4-6-13-29)22-19-33(32-15-7-9-17-35(32)43)40(51)48-24-20-30(21-25-48)45-38(49)34-16-11-23-47(2)39(34)50;/h4-18,23,27,30,33,37,44H,3,19-22,24-26H2,1-2H3,(H,45,49)(H,46,53);1H2/t33-,37?,43+;/m0./s1. The lowest BCUT2D eigenvalue weighted by atomic mass is 9.62. The van der Waals surface area contributed by atoms with Crippen LogP contribution in [-0.2, 0) is 38.0 Å². The Morgan fingerprint density at radius 2 is 1.62 bits per heavy atom. The number of aromatic nitrogens is 2. The zero-order valence-electron chi connectivity index (χ0n) is 31.0. The zero-order chi connectivity index (χ0) is 37.8. The molecule has 1 aliphatic carbocycles. The number of hydrogen-bond acceptors (Lipinski definition) is 6. The van der Waals surface area contributed by atoms with Crippen molar-refractivity contribution in [1.29, 1.82) is 0 Å². The minimum absolute atomic E-state index is 0. The summed E-state index contributed by atoms with van der Waals surface area (Å²) in [5, 5.41) is 7.08. The molecule has 1 fully saturated rings. The van der Waals surface area contributed by atoms with Gasteiger partial charge in [-0.05, 0) is 73.1 Å². The molecule has 5 aromatic rings.